The van der Waals surface area contributed by atoms with Crippen LogP contribution in [0.4, 0.5) is 0 Å². The summed E-state index contributed by atoms with van der Waals surface area (Å²) in [5, 5.41) is 2.80. The molecule has 0 atom stereocenters. The molecule has 0 saturated heterocycles. The third kappa shape index (κ3) is 8.21. The van der Waals surface area contributed by atoms with Gasteiger partial charge in [0.05, 0.1) is 5.75 Å². The molecule has 0 rings (SSSR count). The number of rotatable bonds is 7. The maximum atomic E-state index is 11.2. The molecule has 0 unspecified atom stereocenters. The van der Waals surface area contributed by atoms with Crippen LogP contribution in [0.15, 0.2) is 0 Å². The average Bonchev–Trinajstić information content (AvgIpc) is 2.00. The van der Waals surface area contributed by atoms with E-state index in [2.05, 4.69) is 23.9 Å². The zero-order valence-corrected chi connectivity index (χ0v) is 9.45. The van der Waals surface area contributed by atoms with Gasteiger partial charge in [-0.2, -0.15) is 0 Å². The third-order valence-corrected chi connectivity index (χ3v) is 3.05. The molecule has 2 N–H and O–H groups in total. The van der Waals surface area contributed by atoms with Crippen LogP contribution in [-0.2, 0) is 10.0 Å². The lowest BCUT2D eigenvalue weighted by molar-refractivity contribution is 0.550. The lowest BCUT2D eigenvalue weighted by Gasteiger charge is -2.07. The SMILES string of the molecule is CNCCS(=O)(=O)NCCC(C)C. The summed E-state index contributed by atoms with van der Waals surface area (Å²) in [6.07, 6.45) is 0.888. The highest BCUT2D eigenvalue weighted by molar-refractivity contribution is 7.89. The Hall–Kier alpha value is -0.130. The van der Waals surface area contributed by atoms with E-state index in [4.69, 9.17) is 0 Å². The molecule has 0 aromatic carbocycles. The Morgan fingerprint density at radius 2 is 1.85 bits per heavy atom. The molecule has 0 aromatic rings. The average molecular weight is 208 g/mol. The molecule has 0 saturated carbocycles. The first-order valence-corrected chi connectivity index (χ1v) is 6.25. The fourth-order valence-electron chi connectivity index (χ4n) is 0.812. The highest BCUT2D eigenvalue weighted by atomic mass is 32.2. The molecule has 0 aliphatic rings. The maximum absolute atomic E-state index is 11.2. The van der Waals surface area contributed by atoms with Crippen LogP contribution in [0.1, 0.15) is 20.3 Å². The maximum Gasteiger partial charge on any atom is 0.212 e. The highest BCUT2D eigenvalue weighted by Crippen LogP contribution is 1.97. The molecule has 0 aliphatic carbocycles. The van der Waals surface area contributed by atoms with Crippen LogP contribution in [0.2, 0.25) is 0 Å². The van der Waals surface area contributed by atoms with Gasteiger partial charge in [-0.05, 0) is 19.4 Å². The Kier molecular flexibility index (Phi) is 6.28. The van der Waals surface area contributed by atoms with Gasteiger partial charge in [0, 0.05) is 13.1 Å². The van der Waals surface area contributed by atoms with Gasteiger partial charge in [0.15, 0.2) is 0 Å². The minimum Gasteiger partial charge on any atom is -0.319 e. The highest BCUT2D eigenvalue weighted by Gasteiger charge is 2.07. The minimum atomic E-state index is -3.05. The Balaban J connectivity index is 3.64. The molecule has 0 amide bonds. The molecule has 0 aliphatic heterocycles. The van der Waals surface area contributed by atoms with Crippen molar-refractivity contribution in [3.63, 3.8) is 0 Å². The van der Waals surface area contributed by atoms with Crippen molar-refractivity contribution < 1.29 is 8.42 Å². The second kappa shape index (κ2) is 6.34. The van der Waals surface area contributed by atoms with Crippen molar-refractivity contribution in [1.29, 1.82) is 0 Å². The normalized spacial score (nSPS) is 12.3. The van der Waals surface area contributed by atoms with E-state index in [1.54, 1.807) is 7.05 Å². The van der Waals surface area contributed by atoms with Gasteiger partial charge >= 0.3 is 0 Å². The second-order valence-corrected chi connectivity index (χ2v) is 5.43. The predicted octanol–water partition coefficient (Wildman–Crippen LogP) is 0.171. The monoisotopic (exact) mass is 208 g/mol. The summed E-state index contributed by atoms with van der Waals surface area (Å²) in [7, 11) is -1.31. The lowest BCUT2D eigenvalue weighted by Crippen LogP contribution is -2.31. The number of hydrogen-bond donors (Lipinski definition) is 2. The van der Waals surface area contributed by atoms with Gasteiger partial charge in [0.25, 0.3) is 0 Å². The zero-order valence-electron chi connectivity index (χ0n) is 8.63. The molecule has 0 heterocycles. The molecular formula is C8H20N2O2S. The molecule has 0 aromatic heterocycles. The van der Waals surface area contributed by atoms with Crippen LogP contribution in [0.25, 0.3) is 0 Å². The summed E-state index contributed by atoms with van der Waals surface area (Å²) in [6, 6.07) is 0. The van der Waals surface area contributed by atoms with E-state index in [1.807, 2.05) is 0 Å². The quantitative estimate of drug-likeness (QED) is 0.627. The van der Waals surface area contributed by atoms with Crippen molar-refractivity contribution in [1.82, 2.24) is 10.0 Å². The summed E-state index contributed by atoms with van der Waals surface area (Å²) < 4.78 is 25.0. The van der Waals surface area contributed by atoms with Crippen molar-refractivity contribution in [2.45, 2.75) is 20.3 Å². The summed E-state index contributed by atoms with van der Waals surface area (Å²) in [5.41, 5.74) is 0. The fourth-order valence-corrected chi connectivity index (χ4v) is 1.86. The molecular weight excluding hydrogens is 188 g/mol. The number of nitrogens with one attached hydrogen (secondary N) is 2. The Morgan fingerprint density at radius 3 is 2.31 bits per heavy atom. The standard InChI is InChI=1S/C8H20N2O2S/c1-8(2)4-5-10-13(11,12)7-6-9-3/h8-10H,4-7H2,1-3H3. The van der Waals surface area contributed by atoms with Gasteiger partial charge in [-0.15, -0.1) is 0 Å². The van der Waals surface area contributed by atoms with Gasteiger partial charge < -0.3 is 5.32 Å². The van der Waals surface area contributed by atoms with E-state index in [9.17, 15) is 8.42 Å². The van der Waals surface area contributed by atoms with Crippen molar-refractivity contribution >= 4 is 10.0 Å². The van der Waals surface area contributed by atoms with Gasteiger partial charge in [-0.1, -0.05) is 13.8 Å². The molecule has 0 bridgehead atoms. The fraction of sp³-hybridized carbons (Fsp3) is 1.00. The molecule has 4 nitrogen and oxygen atoms in total. The number of hydrogen-bond acceptors (Lipinski definition) is 3. The van der Waals surface area contributed by atoms with Gasteiger partial charge in [-0.3, -0.25) is 0 Å². The van der Waals surface area contributed by atoms with E-state index in [-0.39, 0.29) is 5.75 Å². The van der Waals surface area contributed by atoms with Crippen LogP contribution in [0.3, 0.4) is 0 Å². The van der Waals surface area contributed by atoms with Crippen molar-refractivity contribution in [2.24, 2.45) is 5.92 Å². The first-order valence-electron chi connectivity index (χ1n) is 4.60. The van der Waals surface area contributed by atoms with Gasteiger partial charge in [0.1, 0.15) is 0 Å². The topological polar surface area (TPSA) is 58.2 Å². The molecule has 13 heavy (non-hydrogen) atoms. The molecule has 0 spiro atoms. The van der Waals surface area contributed by atoms with Crippen molar-refractivity contribution in [3.8, 4) is 0 Å². The summed E-state index contributed by atoms with van der Waals surface area (Å²) >= 11 is 0. The van der Waals surface area contributed by atoms with E-state index >= 15 is 0 Å². The van der Waals surface area contributed by atoms with E-state index in [1.165, 1.54) is 0 Å². The van der Waals surface area contributed by atoms with E-state index in [0.29, 0.717) is 19.0 Å². The zero-order chi connectivity index (χ0) is 10.3. The van der Waals surface area contributed by atoms with E-state index in [0.717, 1.165) is 6.42 Å². The Morgan fingerprint density at radius 1 is 1.23 bits per heavy atom. The summed E-state index contributed by atoms with van der Waals surface area (Å²) in [6.45, 7) is 5.19. The third-order valence-electron chi connectivity index (χ3n) is 1.66. The first-order chi connectivity index (χ1) is 5.98. The molecule has 5 heteroatoms. The summed E-state index contributed by atoms with van der Waals surface area (Å²) in [4.78, 5) is 0. The van der Waals surface area contributed by atoms with Crippen LogP contribution in [0.5, 0.6) is 0 Å². The largest absolute Gasteiger partial charge is 0.319 e. The van der Waals surface area contributed by atoms with E-state index < -0.39 is 10.0 Å². The predicted molar refractivity (Wildman–Crippen MR) is 55.2 cm³/mol. The molecule has 80 valence electrons. The van der Waals surface area contributed by atoms with Crippen LogP contribution < -0.4 is 10.0 Å². The van der Waals surface area contributed by atoms with Crippen molar-refractivity contribution in [3.05, 3.63) is 0 Å². The summed E-state index contributed by atoms with van der Waals surface area (Å²) in [5.74, 6) is 0.689. The van der Waals surface area contributed by atoms with Crippen LogP contribution >= 0.6 is 0 Å². The minimum absolute atomic E-state index is 0.154. The van der Waals surface area contributed by atoms with Crippen molar-refractivity contribution in [2.75, 3.05) is 25.9 Å². The molecule has 0 fully saturated rings. The second-order valence-electron chi connectivity index (χ2n) is 3.50. The van der Waals surface area contributed by atoms with Crippen LogP contribution in [0, 0.1) is 5.92 Å². The smallest absolute Gasteiger partial charge is 0.212 e. The number of sulfonamides is 1. The Labute approximate surface area is 81.2 Å². The van der Waals surface area contributed by atoms with Gasteiger partial charge in [0.2, 0.25) is 10.0 Å². The lowest BCUT2D eigenvalue weighted by atomic mass is 10.1. The van der Waals surface area contributed by atoms with Gasteiger partial charge in [-0.25, -0.2) is 13.1 Å². The Bertz CT molecular complexity index is 212. The molecule has 0 radical (unpaired) electrons. The first kappa shape index (κ1) is 12.9. The van der Waals surface area contributed by atoms with Crippen LogP contribution in [-0.4, -0.2) is 34.3 Å².